The van der Waals surface area contributed by atoms with E-state index < -0.39 is 5.54 Å². The second-order valence-corrected chi connectivity index (χ2v) is 6.34. The lowest BCUT2D eigenvalue weighted by Gasteiger charge is -2.27. The van der Waals surface area contributed by atoms with Gasteiger partial charge in [0.15, 0.2) is 0 Å². The molecular formula is C14H19FN2OS. The van der Waals surface area contributed by atoms with Gasteiger partial charge in [-0.05, 0) is 44.4 Å². The van der Waals surface area contributed by atoms with Crippen molar-refractivity contribution < 1.29 is 9.18 Å². The Bertz CT molecular complexity index is 465. The summed E-state index contributed by atoms with van der Waals surface area (Å²) in [4.78, 5) is 12.4. The van der Waals surface area contributed by atoms with Crippen LogP contribution in [-0.2, 0) is 4.79 Å². The second kappa shape index (κ2) is 5.92. The number of carbonyl (C=O) groups is 1. The van der Waals surface area contributed by atoms with E-state index >= 15 is 0 Å². The quantitative estimate of drug-likeness (QED) is 0.755. The van der Waals surface area contributed by atoms with Gasteiger partial charge in [0.25, 0.3) is 0 Å². The van der Waals surface area contributed by atoms with Crippen LogP contribution in [-0.4, -0.2) is 23.2 Å². The second-order valence-electron chi connectivity index (χ2n) is 5.17. The summed E-state index contributed by atoms with van der Waals surface area (Å²) >= 11 is 1.54. The Morgan fingerprint density at radius 2 is 2.32 bits per heavy atom. The maximum atomic E-state index is 13.0. The van der Waals surface area contributed by atoms with Crippen molar-refractivity contribution in [2.45, 2.75) is 42.7 Å². The van der Waals surface area contributed by atoms with Crippen LogP contribution in [0.4, 0.5) is 4.39 Å². The minimum absolute atomic E-state index is 0.237. The van der Waals surface area contributed by atoms with Gasteiger partial charge in [-0.2, -0.15) is 0 Å². The van der Waals surface area contributed by atoms with Crippen molar-refractivity contribution in [3.05, 3.63) is 30.1 Å². The third-order valence-corrected chi connectivity index (χ3v) is 4.31. The van der Waals surface area contributed by atoms with E-state index in [2.05, 4.69) is 5.32 Å². The van der Waals surface area contributed by atoms with Gasteiger partial charge in [0.1, 0.15) is 5.82 Å². The standard InChI is InChI=1S/C14H19FN2OS/c1-14(13(16)18,17-11-5-6-11)7-8-19-12-4-2-3-10(15)9-12/h2-4,9,11,17H,5-8H2,1H3,(H2,16,18). The van der Waals surface area contributed by atoms with Crippen molar-refractivity contribution in [1.29, 1.82) is 0 Å². The number of nitrogens with one attached hydrogen (secondary N) is 1. The molecule has 0 radical (unpaired) electrons. The molecule has 0 aromatic heterocycles. The Morgan fingerprint density at radius 1 is 1.58 bits per heavy atom. The highest BCUT2D eigenvalue weighted by molar-refractivity contribution is 7.99. The molecule has 1 unspecified atom stereocenters. The highest BCUT2D eigenvalue weighted by Crippen LogP contribution is 2.27. The van der Waals surface area contributed by atoms with Crippen LogP contribution in [0.1, 0.15) is 26.2 Å². The van der Waals surface area contributed by atoms with Crippen LogP contribution in [0.25, 0.3) is 0 Å². The molecule has 0 aliphatic heterocycles. The Labute approximate surface area is 117 Å². The molecule has 2 rings (SSSR count). The van der Waals surface area contributed by atoms with E-state index in [4.69, 9.17) is 5.73 Å². The molecule has 0 heterocycles. The summed E-state index contributed by atoms with van der Waals surface area (Å²) < 4.78 is 13.0. The van der Waals surface area contributed by atoms with E-state index in [9.17, 15) is 9.18 Å². The lowest BCUT2D eigenvalue weighted by atomic mass is 9.98. The molecule has 1 saturated carbocycles. The molecule has 104 valence electrons. The fourth-order valence-corrected chi connectivity index (χ4v) is 2.99. The molecule has 0 spiro atoms. The number of hydrogen-bond acceptors (Lipinski definition) is 3. The Morgan fingerprint density at radius 3 is 2.89 bits per heavy atom. The minimum Gasteiger partial charge on any atom is -0.368 e. The molecule has 1 aromatic carbocycles. The van der Waals surface area contributed by atoms with Gasteiger partial charge in [-0.1, -0.05) is 6.07 Å². The van der Waals surface area contributed by atoms with Crippen molar-refractivity contribution in [2.24, 2.45) is 5.73 Å². The Balaban J connectivity index is 1.86. The first-order chi connectivity index (χ1) is 8.99. The number of amides is 1. The van der Waals surface area contributed by atoms with Gasteiger partial charge in [-0.3, -0.25) is 4.79 Å². The number of thioether (sulfide) groups is 1. The maximum absolute atomic E-state index is 13.0. The first-order valence-corrected chi connectivity index (χ1v) is 7.44. The lowest BCUT2D eigenvalue weighted by molar-refractivity contribution is -0.124. The van der Waals surface area contributed by atoms with Gasteiger partial charge < -0.3 is 11.1 Å². The minimum atomic E-state index is -0.665. The highest BCUT2D eigenvalue weighted by Gasteiger charge is 2.36. The van der Waals surface area contributed by atoms with Crippen LogP contribution < -0.4 is 11.1 Å². The highest BCUT2D eigenvalue weighted by atomic mass is 32.2. The molecule has 1 aliphatic carbocycles. The predicted molar refractivity (Wildman–Crippen MR) is 75.5 cm³/mol. The van der Waals surface area contributed by atoms with Crippen LogP contribution >= 0.6 is 11.8 Å². The zero-order valence-electron chi connectivity index (χ0n) is 11.0. The summed E-state index contributed by atoms with van der Waals surface area (Å²) in [6, 6.07) is 6.90. The van der Waals surface area contributed by atoms with E-state index in [0.29, 0.717) is 12.5 Å². The number of hydrogen-bond donors (Lipinski definition) is 2. The average molecular weight is 282 g/mol. The summed E-state index contributed by atoms with van der Waals surface area (Å²) in [6.45, 7) is 1.85. The summed E-state index contributed by atoms with van der Waals surface area (Å²) in [5.74, 6) is 0.167. The lowest BCUT2D eigenvalue weighted by Crippen LogP contribution is -2.54. The zero-order chi connectivity index (χ0) is 13.9. The number of carbonyl (C=O) groups excluding carboxylic acids is 1. The van der Waals surface area contributed by atoms with Crippen LogP contribution in [0.2, 0.25) is 0 Å². The van der Waals surface area contributed by atoms with Gasteiger partial charge in [-0.25, -0.2) is 4.39 Å². The number of rotatable bonds is 7. The van der Waals surface area contributed by atoms with E-state index in [1.54, 1.807) is 6.07 Å². The molecule has 1 aromatic rings. The molecule has 1 atom stereocenters. The maximum Gasteiger partial charge on any atom is 0.237 e. The van der Waals surface area contributed by atoms with E-state index in [0.717, 1.165) is 23.5 Å². The van der Waals surface area contributed by atoms with Crippen molar-refractivity contribution in [1.82, 2.24) is 5.32 Å². The smallest absolute Gasteiger partial charge is 0.237 e. The molecule has 5 heteroatoms. The Kier molecular flexibility index (Phi) is 4.47. The van der Waals surface area contributed by atoms with Crippen LogP contribution in [0.5, 0.6) is 0 Å². The van der Waals surface area contributed by atoms with Gasteiger partial charge in [0, 0.05) is 16.7 Å². The molecule has 0 bridgehead atoms. The van der Waals surface area contributed by atoms with Crippen molar-refractivity contribution in [3.63, 3.8) is 0 Å². The third-order valence-electron chi connectivity index (χ3n) is 3.31. The molecule has 3 nitrogen and oxygen atoms in total. The summed E-state index contributed by atoms with van der Waals surface area (Å²) in [5, 5.41) is 3.30. The fraction of sp³-hybridized carbons (Fsp3) is 0.500. The van der Waals surface area contributed by atoms with Crippen molar-refractivity contribution in [3.8, 4) is 0 Å². The predicted octanol–water partition coefficient (Wildman–Crippen LogP) is 2.30. The van der Waals surface area contributed by atoms with Gasteiger partial charge in [-0.15, -0.1) is 11.8 Å². The number of halogens is 1. The topological polar surface area (TPSA) is 55.1 Å². The van der Waals surface area contributed by atoms with Crippen LogP contribution in [0, 0.1) is 5.82 Å². The number of primary amides is 1. The van der Waals surface area contributed by atoms with Crippen LogP contribution in [0.15, 0.2) is 29.2 Å². The van der Waals surface area contributed by atoms with Gasteiger partial charge in [0.2, 0.25) is 5.91 Å². The molecule has 1 amide bonds. The monoisotopic (exact) mass is 282 g/mol. The Hall–Kier alpha value is -1.07. The summed E-state index contributed by atoms with van der Waals surface area (Å²) in [6.07, 6.45) is 2.86. The zero-order valence-corrected chi connectivity index (χ0v) is 11.8. The van der Waals surface area contributed by atoms with E-state index in [1.807, 2.05) is 13.0 Å². The average Bonchev–Trinajstić information content (AvgIpc) is 3.12. The molecule has 1 fully saturated rings. The number of benzene rings is 1. The SMILES string of the molecule is CC(CCSc1cccc(F)c1)(NC1CC1)C(N)=O. The summed E-state index contributed by atoms with van der Waals surface area (Å²) in [7, 11) is 0. The van der Waals surface area contributed by atoms with E-state index in [-0.39, 0.29) is 11.7 Å². The molecule has 0 saturated heterocycles. The molecular weight excluding hydrogens is 263 g/mol. The van der Waals surface area contributed by atoms with Crippen molar-refractivity contribution >= 4 is 17.7 Å². The normalized spacial score (nSPS) is 18.0. The number of nitrogens with two attached hydrogens (primary N) is 1. The molecule has 1 aliphatic rings. The van der Waals surface area contributed by atoms with E-state index in [1.165, 1.54) is 23.9 Å². The first-order valence-electron chi connectivity index (χ1n) is 6.45. The van der Waals surface area contributed by atoms with Crippen LogP contribution in [0.3, 0.4) is 0 Å². The largest absolute Gasteiger partial charge is 0.368 e. The fourth-order valence-electron chi connectivity index (χ4n) is 1.87. The van der Waals surface area contributed by atoms with Gasteiger partial charge in [0.05, 0.1) is 5.54 Å². The molecule has 3 N–H and O–H groups in total. The van der Waals surface area contributed by atoms with Crippen molar-refractivity contribution in [2.75, 3.05) is 5.75 Å². The first kappa shape index (κ1) is 14.3. The summed E-state index contributed by atoms with van der Waals surface area (Å²) in [5.41, 5.74) is 4.81. The molecule has 19 heavy (non-hydrogen) atoms. The van der Waals surface area contributed by atoms with Gasteiger partial charge >= 0.3 is 0 Å². The third kappa shape index (κ3) is 4.21.